The van der Waals surface area contributed by atoms with E-state index in [1.807, 2.05) is 11.8 Å². The molecule has 13 heavy (non-hydrogen) atoms. The molecule has 2 unspecified atom stereocenters. The number of hydrogen-bond donors (Lipinski definition) is 1. The summed E-state index contributed by atoms with van der Waals surface area (Å²) in [5, 5.41) is 3.72. The highest BCUT2D eigenvalue weighted by Gasteiger charge is 2.28. The van der Waals surface area contributed by atoms with Crippen molar-refractivity contribution in [3.63, 3.8) is 0 Å². The molecule has 2 atom stereocenters. The van der Waals surface area contributed by atoms with Crippen LogP contribution in [0.3, 0.4) is 0 Å². The summed E-state index contributed by atoms with van der Waals surface area (Å²) >= 11 is 2.04. The minimum Gasteiger partial charge on any atom is -0.375 e. The molecule has 3 heteroatoms. The van der Waals surface area contributed by atoms with Gasteiger partial charge in [-0.2, -0.15) is 11.8 Å². The van der Waals surface area contributed by atoms with Crippen LogP contribution < -0.4 is 5.32 Å². The quantitative estimate of drug-likeness (QED) is 0.734. The molecule has 2 fully saturated rings. The summed E-state index contributed by atoms with van der Waals surface area (Å²) in [5.41, 5.74) is 0. The maximum Gasteiger partial charge on any atom is 0.0565 e. The standard InChI is InChI=1S/C10H19NOS/c1-7-3-9(4-8(2)12-7)11-10-5-13-6-10/h7-11H,3-6H2,1-2H3. The first kappa shape index (κ1) is 9.81. The molecule has 2 rings (SSSR count). The maximum atomic E-state index is 5.70. The Morgan fingerprint density at radius 1 is 1.08 bits per heavy atom. The van der Waals surface area contributed by atoms with Crippen LogP contribution >= 0.6 is 11.8 Å². The molecule has 2 nitrogen and oxygen atoms in total. The lowest BCUT2D eigenvalue weighted by Crippen LogP contribution is -2.50. The molecular formula is C10H19NOS. The average Bonchev–Trinajstić information content (AvgIpc) is 1.95. The van der Waals surface area contributed by atoms with Crippen LogP contribution in [0, 0.1) is 0 Å². The number of rotatable bonds is 2. The van der Waals surface area contributed by atoms with E-state index in [-0.39, 0.29) is 0 Å². The van der Waals surface area contributed by atoms with Gasteiger partial charge >= 0.3 is 0 Å². The lowest BCUT2D eigenvalue weighted by Gasteiger charge is -2.37. The summed E-state index contributed by atoms with van der Waals surface area (Å²) in [4.78, 5) is 0. The van der Waals surface area contributed by atoms with Gasteiger partial charge in [-0.3, -0.25) is 0 Å². The van der Waals surface area contributed by atoms with Gasteiger partial charge in [0.15, 0.2) is 0 Å². The molecule has 1 N–H and O–H groups in total. The number of thioether (sulfide) groups is 1. The van der Waals surface area contributed by atoms with Gasteiger partial charge in [0.05, 0.1) is 12.2 Å². The number of nitrogens with one attached hydrogen (secondary N) is 1. The summed E-state index contributed by atoms with van der Waals surface area (Å²) in [5.74, 6) is 2.61. The van der Waals surface area contributed by atoms with Crippen molar-refractivity contribution in [1.82, 2.24) is 5.32 Å². The van der Waals surface area contributed by atoms with Crippen molar-refractivity contribution in [1.29, 1.82) is 0 Å². The zero-order valence-electron chi connectivity index (χ0n) is 8.45. The van der Waals surface area contributed by atoms with E-state index in [9.17, 15) is 0 Å². The lowest BCUT2D eigenvalue weighted by molar-refractivity contribution is -0.0430. The van der Waals surface area contributed by atoms with Gasteiger partial charge in [-0.1, -0.05) is 0 Å². The van der Waals surface area contributed by atoms with E-state index < -0.39 is 0 Å². The summed E-state index contributed by atoms with van der Waals surface area (Å²) in [6.07, 6.45) is 3.25. The Balaban J connectivity index is 1.77. The van der Waals surface area contributed by atoms with E-state index >= 15 is 0 Å². The van der Waals surface area contributed by atoms with E-state index in [4.69, 9.17) is 4.74 Å². The fourth-order valence-electron chi connectivity index (χ4n) is 2.21. The van der Waals surface area contributed by atoms with Gasteiger partial charge in [-0.05, 0) is 26.7 Å². The highest BCUT2D eigenvalue weighted by Crippen LogP contribution is 2.23. The molecule has 0 aromatic rings. The normalized spacial score (nSPS) is 41.5. The van der Waals surface area contributed by atoms with Crippen LogP contribution in [0.25, 0.3) is 0 Å². The van der Waals surface area contributed by atoms with Crippen LogP contribution in [-0.2, 0) is 4.74 Å². The summed E-state index contributed by atoms with van der Waals surface area (Å²) in [7, 11) is 0. The third-order valence-electron chi connectivity index (χ3n) is 2.81. The second kappa shape index (κ2) is 4.20. The van der Waals surface area contributed by atoms with Crippen molar-refractivity contribution >= 4 is 11.8 Å². The van der Waals surface area contributed by atoms with Crippen molar-refractivity contribution in [2.75, 3.05) is 11.5 Å². The lowest BCUT2D eigenvalue weighted by atomic mass is 9.99. The van der Waals surface area contributed by atoms with Crippen molar-refractivity contribution in [3.8, 4) is 0 Å². The molecule has 0 aromatic heterocycles. The first-order valence-corrected chi connectivity index (χ1v) is 6.38. The number of hydrogen-bond acceptors (Lipinski definition) is 3. The highest BCUT2D eigenvalue weighted by molar-refractivity contribution is 8.00. The van der Waals surface area contributed by atoms with E-state index in [1.165, 1.54) is 24.3 Å². The van der Waals surface area contributed by atoms with Gasteiger partial charge < -0.3 is 10.1 Å². The Kier molecular flexibility index (Phi) is 3.17. The van der Waals surface area contributed by atoms with Gasteiger partial charge in [0.1, 0.15) is 0 Å². The first-order chi connectivity index (χ1) is 6.24. The van der Waals surface area contributed by atoms with E-state index in [0.717, 1.165) is 6.04 Å². The second-order valence-electron chi connectivity index (χ2n) is 4.33. The maximum absolute atomic E-state index is 5.70. The molecule has 2 heterocycles. The average molecular weight is 201 g/mol. The molecular weight excluding hydrogens is 182 g/mol. The molecule has 0 aliphatic carbocycles. The fourth-order valence-corrected chi connectivity index (χ4v) is 2.87. The van der Waals surface area contributed by atoms with E-state index in [1.54, 1.807) is 0 Å². The van der Waals surface area contributed by atoms with Gasteiger partial charge in [0.25, 0.3) is 0 Å². The van der Waals surface area contributed by atoms with Crippen molar-refractivity contribution in [2.24, 2.45) is 0 Å². The molecule has 2 aliphatic rings. The Morgan fingerprint density at radius 3 is 2.15 bits per heavy atom. The van der Waals surface area contributed by atoms with Gasteiger partial charge in [-0.25, -0.2) is 0 Å². The topological polar surface area (TPSA) is 21.3 Å². The summed E-state index contributed by atoms with van der Waals surface area (Å²) in [6.45, 7) is 4.36. The molecule has 0 spiro atoms. The second-order valence-corrected chi connectivity index (χ2v) is 5.40. The van der Waals surface area contributed by atoms with Gasteiger partial charge in [-0.15, -0.1) is 0 Å². The Bertz CT molecular complexity index is 162. The summed E-state index contributed by atoms with van der Waals surface area (Å²) < 4.78 is 5.70. The predicted octanol–water partition coefficient (Wildman–Crippen LogP) is 1.65. The van der Waals surface area contributed by atoms with Gasteiger partial charge in [0.2, 0.25) is 0 Å². The minimum atomic E-state index is 0.439. The number of ether oxygens (including phenoxy) is 1. The molecule has 0 radical (unpaired) electrons. The molecule has 2 saturated heterocycles. The first-order valence-electron chi connectivity index (χ1n) is 5.23. The smallest absolute Gasteiger partial charge is 0.0565 e. The van der Waals surface area contributed by atoms with Crippen LogP contribution in [0.2, 0.25) is 0 Å². The molecule has 2 aliphatic heterocycles. The van der Waals surface area contributed by atoms with Gasteiger partial charge in [0, 0.05) is 23.6 Å². The Morgan fingerprint density at radius 2 is 1.69 bits per heavy atom. The molecule has 0 amide bonds. The Hall–Kier alpha value is 0.270. The van der Waals surface area contributed by atoms with Crippen LogP contribution in [-0.4, -0.2) is 35.8 Å². The molecule has 0 bridgehead atoms. The molecule has 76 valence electrons. The third kappa shape index (κ3) is 2.61. The Labute approximate surface area is 84.8 Å². The zero-order valence-corrected chi connectivity index (χ0v) is 9.27. The SMILES string of the molecule is CC1CC(NC2CSC2)CC(C)O1. The monoisotopic (exact) mass is 201 g/mol. The third-order valence-corrected chi connectivity index (χ3v) is 4.08. The zero-order chi connectivity index (χ0) is 9.26. The fraction of sp³-hybridized carbons (Fsp3) is 1.00. The van der Waals surface area contributed by atoms with E-state index in [0.29, 0.717) is 18.2 Å². The van der Waals surface area contributed by atoms with Crippen LogP contribution in [0.1, 0.15) is 26.7 Å². The largest absolute Gasteiger partial charge is 0.375 e. The van der Waals surface area contributed by atoms with Crippen molar-refractivity contribution in [3.05, 3.63) is 0 Å². The van der Waals surface area contributed by atoms with E-state index in [2.05, 4.69) is 19.2 Å². The highest BCUT2D eigenvalue weighted by atomic mass is 32.2. The minimum absolute atomic E-state index is 0.439. The molecule has 0 aromatic carbocycles. The van der Waals surface area contributed by atoms with Crippen molar-refractivity contribution in [2.45, 2.75) is 51.0 Å². The van der Waals surface area contributed by atoms with Crippen LogP contribution in [0.4, 0.5) is 0 Å². The predicted molar refractivity (Wildman–Crippen MR) is 57.3 cm³/mol. The summed E-state index contributed by atoms with van der Waals surface area (Å²) in [6, 6.07) is 1.48. The molecule has 0 saturated carbocycles. The van der Waals surface area contributed by atoms with Crippen LogP contribution in [0.15, 0.2) is 0 Å². The van der Waals surface area contributed by atoms with Crippen molar-refractivity contribution < 1.29 is 4.74 Å². The van der Waals surface area contributed by atoms with Crippen LogP contribution in [0.5, 0.6) is 0 Å².